The molecule has 0 amide bonds. The Morgan fingerprint density at radius 2 is 2.29 bits per heavy atom. The summed E-state index contributed by atoms with van der Waals surface area (Å²) in [5, 5.41) is 13.0. The molecule has 2 rings (SSSR count). The molecule has 14 heavy (non-hydrogen) atoms. The van der Waals surface area contributed by atoms with E-state index in [9.17, 15) is 0 Å². The fourth-order valence-corrected chi connectivity index (χ4v) is 1.43. The summed E-state index contributed by atoms with van der Waals surface area (Å²) in [6.07, 6.45) is 3.27. The van der Waals surface area contributed by atoms with Gasteiger partial charge in [-0.05, 0) is 12.0 Å². The monoisotopic (exact) mass is 186 g/mol. The fourth-order valence-electron chi connectivity index (χ4n) is 1.43. The molecule has 0 aromatic carbocycles. The Labute approximate surface area is 81.8 Å². The lowest BCUT2D eigenvalue weighted by Gasteiger charge is -2.06. The van der Waals surface area contributed by atoms with Crippen LogP contribution in [0.1, 0.15) is 31.0 Å². The van der Waals surface area contributed by atoms with E-state index in [1.165, 1.54) is 0 Å². The average Bonchev–Trinajstić information content (AvgIpc) is 2.59. The topological polar surface area (TPSA) is 54.0 Å². The first-order chi connectivity index (χ1) is 6.74. The lowest BCUT2D eigenvalue weighted by atomic mass is 10.1. The van der Waals surface area contributed by atoms with E-state index in [2.05, 4.69) is 30.0 Å². The van der Waals surface area contributed by atoms with Gasteiger partial charge in [-0.3, -0.25) is 0 Å². The van der Waals surface area contributed by atoms with Gasteiger partial charge in [-0.1, -0.05) is 13.8 Å². The zero-order valence-corrected chi connectivity index (χ0v) is 8.10. The molecule has 2 aromatic rings. The molecular formula is C10H10N4. The van der Waals surface area contributed by atoms with Crippen LogP contribution in [0, 0.1) is 11.3 Å². The van der Waals surface area contributed by atoms with Gasteiger partial charge in [0.05, 0.1) is 6.20 Å². The molecule has 0 saturated heterocycles. The zero-order valence-electron chi connectivity index (χ0n) is 8.10. The van der Waals surface area contributed by atoms with Crippen LogP contribution in [0.5, 0.6) is 0 Å². The van der Waals surface area contributed by atoms with E-state index in [1.807, 2.05) is 6.07 Å². The number of rotatable bonds is 1. The molecule has 70 valence electrons. The van der Waals surface area contributed by atoms with Gasteiger partial charge in [0.25, 0.3) is 0 Å². The van der Waals surface area contributed by atoms with E-state index in [0.717, 1.165) is 5.69 Å². The highest BCUT2D eigenvalue weighted by Crippen LogP contribution is 2.15. The van der Waals surface area contributed by atoms with Crippen LogP contribution in [0.3, 0.4) is 0 Å². The molecule has 4 heteroatoms. The van der Waals surface area contributed by atoms with Crippen LogP contribution in [-0.4, -0.2) is 14.6 Å². The second kappa shape index (κ2) is 3.11. The van der Waals surface area contributed by atoms with Crippen molar-refractivity contribution >= 4 is 5.65 Å². The van der Waals surface area contributed by atoms with Crippen molar-refractivity contribution in [2.24, 2.45) is 0 Å². The average molecular weight is 186 g/mol. The number of fused-ring (bicyclic) bond motifs is 1. The van der Waals surface area contributed by atoms with Crippen molar-refractivity contribution in [1.82, 2.24) is 14.6 Å². The first-order valence-electron chi connectivity index (χ1n) is 4.46. The summed E-state index contributed by atoms with van der Waals surface area (Å²) in [5.74, 6) is 0.368. The van der Waals surface area contributed by atoms with Crippen LogP contribution >= 0.6 is 0 Å². The summed E-state index contributed by atoms with van der Waals surface area (Å²) in [5.41, 5.74) is 2.22. The largest absolute Gasteiger partial charge is 0.236 e. The standard InChI is InChI=1S/C10H10N4/c1-7(2)9-3-4-12-10-8(5-11)6-13-14(9)10/h3-4,6-7H,1-2H3. The van der Waals surface area contributed by atoms with Gasteiger partial charge in [-0.15, -0.1) is 0 Å². The predicted octanol–water partition coefficient (Wildman–Crippen LogP) is 1.72. The van der Waals surface area contributed by atoms with Gasteiger partial charge in [-0.25, -0.2) is 9.50 Å². The van der Waals surface area contributed by atoms with Gasteiger partial charge in [0, 0.05) is 11.9 Å². The molecule has 0 radical (unpaired) electrons. The van der Waals surface area contributed by atoms with Gasteiger partial charge in [0.2, 0.25) is 0 Å². The zero-order chi connectivity index (χ0) is 10.1. The fraction of sp³-hybridized carbons (Fsp3) is 0.300. The Balaban J connectivity index is 2.78. The molecule has 0 aliphatic carbocycles. The van der Waals surface area contributed by atoms with Crippen LogP contribution in [0.2, 0.25) is 0 Å². The highest BCUT2D eigenvalue weighted by Gasteiger charge is 2.09. The summed E-state index contributed by atoms with van der Waals surface area (Å²) >= 11 is 0. The van der Waals surface area contributed by atoms with Crippen molar-refractivity contribution in [3.8, 4) is 6.07 Å². The van der Waals surface area contributed by atoms with E-state index in [-0.39, 0.29) is 0 Å². The van der Waals surface area contributed by atoms with Crippen molar-refractivity contribution in [1.29, 1.82) is 5.26 Å². The molecule has 0 bridgehead atoms. The quantitative estimate of drug-likeness (QED) is 0.681. The van der Waals surface area contributed by atoms with Crippen LogP contribution in [0.25, 0.3) is 5.65 Å². The van der Waals surface area contributed by atoms with Crippen molar-refractivity contribution in [3.05, 3.63) is 29.7 Å². The lowest BCUT2D eigenvalue weighted by molar-refractivity contribution is 0.749. The van der Waals surface area contributed by atoms with Gasteiger partial charge in [0.15, 0.2) is 5.65 Å². The van der Waals surface area contributed by atoms with Crippen molar-refractivity contribution in [2.75, 3.05) is 0 Å². The molecular weight excluding hydrogens is 176 g/mol. The Morgan fingerprint density at radius 3 is 2.93 bits per heavy atom. The number of aromatic nitrogens is 3. The maximum absolute atomic E-state index is 8.81. The molecule has 4 nitrogen and oxygen atoms in total. The van der Waals surface area contributed by atoms with Gasteiger partial charge >= 0.3 is 0 Å². The summed E-state index contributed by atoms with van der Waals surface area (Å²) < 4.78 is 1.73. The van der Waals surface area contributed by atoms with E-state index >= 15 is 0 Å². The molecule has 2 heterocycles. The Bertz CT molecular complexity index is 504. The van der Waals surface area contributed by atoms with Crippen LogP contribution in [-0.2, 0) is 0 Å². The molecule has 0 atom stereocenters. The second-order valence-corrected chi connectivity index (χ2v) is 3.43. The maximum Gasteiger partial charge on any atom is 0.173 e. The summed E-state index contributed by atoms with van der Waals surface area (Å²) in [6.45, 7) is 4.17. The SMILES string of the molecule is CC(C)c1ccnc2c(C#N)cnn12. The molecule has 0 N–H and O–H groups in total. The highest BCUT2D eigenvalue weighted by atomic mass is 15.3. The Hall–Kier alpha value is -1.89. The Kier molecular flexibility index (Phi) is 1.93. The van der Waals surface area contributed by atoms with E-state index in [4.69, 9.17) is 5.26 Å². The summed E-state index contributed by atoms with van der Waals surface area (Å²) in [6, 6.07) is 3.99. The van der Waals surface area contributed by atoms with E-state index in [1.54, 1.807) is 16.9 Å². The van der Waals surface area contributed by atoms with Crippen LogP contribution < -0.4 is 0 Å². The molecule has 0 saturated carbocycles. The third-order valence-electron chi connectivity index (χ3n) is 2.14. The summed E-state index contributed by atoms with van der Waals surface area (Å²) in [7, 11) is 0. The predicted molar refractivity (Wildman–Crippen MR) is 51.8 cm³/mol. The molecule has 0 aliphatic heterocycles. The number of hydrogen-bond donors (Lipinski definition) is 0. The maximum atomic E-state index is 8.81. The van der Waals surface area contributed by atoms with Gasteiger partial charge in [0.1, 0.15) is 11.6 Å². The molecule has 0 aliphatic rings. The molecule has 0 fully saturated rings. The minimum Gasteiger partial charge on any atom is -0.236 e. The minimum absolute atomic E-state index is 0.368. The lowest BCUT2D eigenvalue weighted by Crippen LogP contribution is -2.01. The van der Waals surface area contributed by atoms with Crippen molar-refractivity contribution in [2.45, 2.75) is 19.8 Å². The van der Waals surface area contributed by atoms with Crippen molar-refractivity contribution < 1.29 is 0 Å². The molecule has 0 unspecified atom stereocenters. The van der Waals surface area contributed by atoms with Crippen molar-refractivity contribution in [3.63, 3.8) is 0 Å². The third-order valence-corrected chi connectivity index (χ3v) is 2.14. The van der Waals surface area contributed by atoms with Crippen LogP contribution in [0.15, 0.2) is 18.5 Å². The smallest absolute Gasteiger partial charge is 0.173 e. The van der Waals surface area contributed by atoms with Gasteiger partial charge < -0.3 is 0 Å². The normalized spacial score (nSPS) is 10.7. The van der Waals surface area contributed by atoms with E-state index < -0.39 is 0 Å². The number of hydrogen-bond acceptors (Lipinski definition) is 3. The molecule has 0 spiro atoms. The first kappa shape index (κ1) is 8.70. The number of nitriles is 1. The minimum atomic E-state index is 0.368. The number of nitrogens with zero attached hydrogens (tertiary/aromatic N) is 4. The molecule has 2 aromatic heterocycles. The first-order valence-corrected chi connectivity index (χ1v) is 4.46. The van der Waals surface area contributed by atoms with Gasteiger partial charge in [-0.2, -0.15) is 10.4 Å². The third kappa shape index (κ3) is 1.14. The second-order valence-electron chi connectivity index (χ2n) is 3.43. The highest BCUT2D eigenvalue weighted by molar-refractivity contribution is 5.54. The summed E-state index contributed by atoms with van der Waals surface area (Å²) in [4.78, 5) is 4.13. The van der Waals surface area contributed by atoms with E-state index in [0.29, 0.717) is 17.1 Å². The van der Waals surface area contributed by atoms with Crippen LogP contribution in [0.4, 0.5) is 0 Å². The Morgan fingerprint density at radius 1 is 1.50 bits per heavy atom.